The van der Waals surface area contributed by atoms with Crippen LogP contribution in [0.15, 0.2) is 29.3 Å². The van der Waals surface area contributed by atoms with Gasteiger partial charge in [0.25, 0.3) is 0 Å². The Morgan fingerprint density at radius 3 is 2.50 bits per heavy atom. The highest BCUT2D eigenvalue weighted by Gasteiger charge is 2.17. The number of benzene rings is 1. The van der Waals surface area contributed by atoms with Gasteiger partial charge in [-0.1, -0.05) is 12.1 Å². The molecule has 0 saturated carbocycles. The lowest BCUT2D eigenvalue weighted by Crippen LogP contribution is -2.37. The van der Waals surface area contributed by atoms with Gasteiger partial charge < -0.3 is 9.47 Å². The van der Waals surface area contributed by atoms with Crippen LogP contribution < -0.4 is 0 Å². The number of morpholine rings is 1. The zero-order chi connectivity index (χ0) is 19.0. The van der Waals surface area contributed by atoms with Crippen molar-refractivity contribution in [1.82, 2.24) is 4.90 Å². The van der Waals surface area contributed by atoms with Crippen LogP contribution in [0.3, 0.4) is 0 Å². The topological polar surface area (TPSA) is 74.9 Å². The van der Waals surface area contributed by atoms with E-state index < -0.39 is 11.7 Å². The maximum Gasteiger partial charge on any atom is 0.434 e. The fourth-order valence-corrected chi connectivity index (χ4v) is 2.64. The Hall–Kier alpha value is -2.23. The summed E-state index contributed by atoms with van der Waals surface area (Å²) >= 11 is 0. The summed E-state index contributed by atoms with van der Waals surface area (Å²) < 4.78 is 10.7. The minimum absolute atomic E-state index is 0.553. The summed E-state index contributed by atoms with van der Waals surface area (Å²) in [6.07, 6.45) is 0.706. The van der Waals surface area contributed by atoms with Gasteiger partial charge in [-0.05, 0) is 44.9 Å². The van der Waals surface area contributed by atoms with E-state index in [4.69, 9.17) is 14.7 Å². The number of nitrogens with zero attached hydrogens (tertiary/aromatic N) is 3. The summed E-state index contributed by atoms with van der Waals surface area (Å²) in [5.41, 5.74) is 1.86. The molecule has 0 N–H and O–H groups in total. The number of hydrogen-bond acceptors (Lipinski definition) is 5. The summed E-state index contributed by atoms with van der Waals surface area (Å²) in [5, 5.41) is 8.92. The van der Waals surface area contributed by atoms with Crippen molar-refractivity contribution in [2.45, 2.75) is 39.2 Å². The molecule has 0 radical (unpaired) electrons. The maximum atomic E-state index is 12.1. The number of carbonyl (C=O) groups is 1. The lowest BCUT2D eigenvalue weighted by molar-refractivity contribution is 0.0391. The number of carbonyl (C=O) groups excluding carboxylic acids is 1. The molecule has 0 unspecified atom stereocenters. The predicted octanol–water partition coefficient (Wildman–Crippen LogP) is 3.20. The molecule has 1 amide bonds. The van der Waals surface area contributed by atoms with E-state index in [1.807, 2.05) is 32.9 Å². The molecule has 0 bridgehead atoms. The molecule has 1 aliphatic heterocycles. The van der Waals surface area contributed by atoms with E-state index in [2.05, 4.69) is 16.0 Å². The SMILES string of the molecule is CC(C)(C)OC(=O)/N=C(\CCN1CCOCC1)Cc1ccc(C#N)cc1. The molecule has 1 aromatic rings. The van der Waals surface area contributed by atoms with Gasteiger partial charge in [0.2, 0.25) is 0 Å². The third-order valence-corrected chi connectivity index (χ3v) is 3.95. The van der Waals surface area contributed by atoms with Gasteiger partial charge in [-0.2, -0.15) is 10.3 Å². The van der Waals surface area contributed by atoms with E-state index in [0.29, 0.717) is 18.4 Å². The van der Waals surface area contributed by atoms with Gasteiger partial charge >= 0.3 is 6.09 Å². The Kier molecular flexibility index (Phi) is 7.31. The van der Waals surface area contributed by atoms with Crippen LogP contribution in [0.4, 0.5) is 4.79 Å². The predicted molar refractivity (Wildman–Crippen MR) is 100 cm³/mol. The number of amides is 1. The highest BCUT2D eigenvalue weighted by molar-refractivity contribution is 5.94. The molecule has 6 heteroatoms. The molecule has 6 nitrogen and oxygen atoms in total. The van der Waals surface area contributed by atoms with Crippen LogP contribution in [0.2, 0.25) is 0 Å². The number of aliphatic imine (C=N–C) groups is 1. The van der Waals surface area contributed by atoms with Gasteiger partial charge in [0.1, 0.15) is 5.60 Å². The quantitative estimate of drug-likeness (QED) is 0.757. The van der Waals surface area contributed by atoms with Crippen LogP contribution in [-0.2, 0) is 15.9 Å². The van der Waals surface area contributed by atoms with Crippen LogP contribution in [-0.4, -0.2) is 55.2 Å². The van der Waals surface area contributed by atoms with E-state index >= 15 is 0 Å². The fraction of sp³-hybridized carbons (Fsp3) is 0.550. The van der Waals surface area contributed by atoms with E-state index in [1.54, 1.807) is 12.1 Å². The molecular weight excluding hydrogens is 330 g/mol. The van der Waals surface area contributed by atoms with Crippen LogP contribution in [0, 0.1) is 11.3 Å². The molecule has 1 heterocycles. The van der Waals surface area contributed by atoms with Gasteiger partial charge in [0.05, 0.1) is 24.8 Å². The number of nitriles is 1. The third-order valence-electron chi connectivity index (χ3n) is 3.95. The lowest BCUT2D eigenvalue weighted by atomic mass is 10.0. The van der Waals surface area contributed by atoms with Crippen LogP contribution >= 0.6 is 0 Å². The molecule has 0 atom stereocenters. The molecule has 1 fully saturated rings. The van der Waals surface area contributed by atoms with Crippen molar-refractivity contribution in [1.29, 1.82) is 5.26 Å². The van der Waals surface area contributed by atoms with Crippen molar-refractivity contribution in [3.63, 3.8) is 0 Å². The molecule has 2 rings (SSSR count). The van der Waals surface area contributed by atoms with Crippen molar-refractivity contribution in [2.24, 2.45) is 4.99 Å². The van der Waals surface area contributed by atoms with Gasteiger partial charge in [-0.3, -0.25) is 4.90 Å². The normalized spacial score (nSPS) is 16.2. The highest BCUT2D eigenvalue weighted by atomic mass is 16.6. The van der Waals surface area contributed by atoms with E-state index in [-0.39, 0.29) is 0 Å². The van der Waals surface area contributed by atoms with Gasteiger partial charge in [0, 0.05) is 31.8 Å². The Balaban J connectivity index is 2.05. The zero-order valence-corrected chi connectivity index (χ0v) is 15.8. The molecule has 1 aromatic carbocycles. The summed E-state index contributed by atoms with van der Waals surface area (Å²) in [5.74, 6) is 0. The Morgan fingerprint density at radius 1 is 1.27 bits per heavy atom. The maximum absolute atomic E-state index is 12.1. The first-order chi connectivity index (χ1) is 12.4. The van der Waals surface area contributed by atoms with E-state index in [0.717, 1.165) is 44.1 Å². The average Bonchev–Trinajstić information content (AvgIpc) is 2.59. The average molecular weight is 357 g/mol. The minimum Gasteiger partial charge on any atom is -0.442 e. The Morgan fingerprint density at radius 2 is 1.92 bits per heavy atom. The smallest absolute Gasteiger partial charge is 0.434 e. The van der Waals surface area contributed by atoms with E-state index in [9.17, 15) is 4.79 Å². The largest absolute Gasteiger partial charge is 0.442 e. The summed E-state index contributed by atoms with van der Waals surface area (Å²) in [6, 6.07) is 9.47. The Bertz CT molecular complexity index is 663. The first-order valence-corrected chi connectivity index (χ1v) is 8.94. The molecule has 0 spiro atoms. The molecule has 0 aromatic heterocycles. The third kappa shape index (κ3) is 7.34. The molecule has 1 saturated heterocycles. The molecule has 0 aliphatic carbocycles. The molecular formula is C20H27N3O3. The van der Waals surface area contributed by atoms with Gasteiger partial charge in [-0.25, -0.2) is 4.79 Å². The lowest BCUT2D eigenvalue weighted by Gasteiger charge is -2.26. The monoisotopic (exact) mass is 357 g/mol. The first-order valence-electron chi connectivity index (χ1n) is 8.94. The summed E-state index contributed by atoms with van der Waals surface area (Å²) in [4.78, 5) is 18.7. The van der Waals surface area contributed by atoms with Crippen LogP contribution in [0.5, 0.6) is 0 Å². The standard InChI is InChI=1S/C20H27N3O3/c1-20(2,3)26-19(24)22-18(8-9-23-10-12-25-13-11-23)14-16-4-6-17(15-21)7-5-16/h4-7H,8-14H2,1-3H3/b22-18+. The fourth-order valence-electron chi connectivity index (χ4n) is 2.64. The van der Waals surface area contributed by atoms with Crippen molar-refractivity contribution >= 4 is 11.8 Å². The second kappa shape index (κ2) is 9.46. The number of hydrogen-bond donors (Lipinski definition) is 0. The van der Waals surface area contributed by atoms with Gasteiger partial charge in [0.15, 0.2) is 0 Å². The number of rotatable bonds is 5. The van der Waals surface area contributed by atoms with Crippen molar-refractivity contribution in [3.8, 4) is 6.07 Å². The van der Waals surface area contributed by atoms with Gasteiger partial charge in [-0.15, -0.1) is 0 Å². The molecule has 140 valence electrons. The number of ether oxygens (including phenoxy) is 2. The summed E-state index contributed by atoms with van der Waals surface area (Å²) in [6.45, 7) is 9.61. The highest BCUT2D eigenvalue weighted by Crippen LogP contribution is 2.11. The molecule has 26 heavy (non-hydrogen) atoms. The second-order valence-corrected chi connectivity index (χ2v) is 7.35. The first kappa shape index (κ1) is 20.1. The zero-order valence-electron chi connectivity index (χ0n) is 15.8. The summed E-state index contributed by atoms with van der Waals surface area (Å²) in [7, 11) is 0. The van der Waals surface area contributed by atoms with Crippen molar-refractivity contribution < 1.29 is 14.3 Å². The Labute approximate surface area is 155 Å². The second-order valence-electron chi connectivity index (χ2n) is 7.35. The molecule has 1 aliphatic rings. The minimum atomic E-state index is -0.565. The van der Waals surface area contributed by atoms with Crippen LogP contribution in [0.1, 0.15) is 38.3 Å². The van der Waals surface area contributed by atoms with Crippen molar-refractivity contribution in [2.75, 3.05) is 32.8 Å². The van der Waals surface area contributed by atoms with Crippen molar-refractivity contribution in [3.05, 3.63) is 35.4 Å². The van der Waals surface area contributed by atoms with Crippen LogP contribution in [0.25, 0.3) is 0 Å². The van der Waals surface area contributed by atoms with E-state index in [1.165, 1.54) is 0 Å².